The Labute approximate surface area is 646 Å². The van der Waals surface area contributed by atoms with Crippen LogP contribution in [0.15, 0.2) is 371 Å². The molecule has 0 saturated carbocycles. The summed E-state index contributed by atoms with van der Waals surface area (Å²) in [6.45, 7) is 38.1. The summed E-state index contributed by atoms with van der Waals surface area (Å²) in [5, 5.41) is 21.4. The molecule has 9 heterocycles. The number of hydrogen-bond acceptors (Lipinski definition) is 10. The fraction of sp³-hybridized carbons (Fsp3) is 0.186. The first-order chi connectivity index (χ1) is 53.7. The number of fused-ring (bicyclic) bond motifs is 9. The van der Waals surface area contributed by atoms with Crippen LogP contribution in [0.3, 0.4) is 0 Å². The van der Waals surface area contributed by atoms with Crippen LogP contribution in [0.2, 0.25) is 0 Å². The van der Waals surface area contributed by atoms with Crippen LogP contribution < -0.4 is 0 Å². The molecule has 0 aliphatic rings. The Morgan fingerprint density at radius 3 is 0.769 bits per heavy atom. The molecule has 18 aromatic rings. The van der Waals surface area contributed by atoms with Gasteiger partial charge in [-0.3, -0.25) is 39.9 Å². The fourth-order valence-electron chi connectivity index (χ4n) is 9.09. The average molecular weight is 1430 g/mol. The van der Waals surface area contributed by atoms with Gasteiger partial charge in [0.05, 0.1) is 44.8 Å². The van der Waals surface area contributed by atoms with Gasteiger partial charge in [0, 0.05) is 78.1 Å². The second-order valence-corrected chi connectivity index (χ2v) is 19.7. The van der Waals surface area contributed by atoms with E-state index in [9.17, 15) is 0 Å². The molecule has 0 atom stereocenters. The van der Waals surface area contributed by atoms with E-state index in [-0.39, 0.29) is 0 Å². The van der Waals surface area contributed by atoms with Crippen molar-refractivity contribution in [3.05, 3.63) is 371 Å². The van der Waals surface area contributed by atoms with Gasteiger partial charge in [0.25, 0.3) is 0 Å². The molecular weight excluding hydrogens is 1320 g/mol. The first kappa shape index (κ1) is 93.8. The Morgan fingerprint density at radius 1 is 0.176 bits per heavy atom. The molecule has 0 saturated heterocycles. The van der Waals surface area contributed by atoms with Crippen LogP contribution in [0.25, 0.3) is 97.8 Å². The molecule has 0 aliphatic carbocycles. The first-order valence-corrected chi connectivity index (χ1v) is 38.2. The summed E-state index contributed by atoms with van der Waals surface area (Å²) in [7, 11) is 0. The Hall–Kier alpha value is -12.2. The molecule has 11 heteroatoms. The number of rotatable bonds is 0. The van der Waals surface area contributed by atoms with Crippen LogP contribution in [-0.4, -0.2) is 57.0 Å². The van der Waals surface area contributed by atoms with Crippen molar-refractivity contribution < 1.29 is 0 Å². The van der Waals surface area contributed by atoms with E-state index < -0.39 is 0 Å². The van der Waals surface area contributed by atoms with Gasteiger partial charge in [-0.1, -0.05) is 301 Å². The third-order valence-corrected chi connectivity index (χ3v) is 13.6. The molecule has 0 N–H and O–H groups in total. The van der Waals surface area contributed by atoms with Crippen LogP contribution in [0.1, 0.15) is 125 Å². The van der Waals surface area contributed by atoms with Gasteiger partial charge in [-0.15, -0.1) is 0 Å². The minimum atomic E-state index is 0.949. The smallest absolute Gasteiger partial charge is 0.0929 e. The van der Waals surface area contributed by atoms with Crippen LogP contribution in [0, 0.1) is 0 Å². The van der Waals surface area contributed by atoms with Gasteiger partial charge in [-0.05, 0) is 117 Å². The van der Waals surface area contributed by atoms with Crippen molar-refractivity contribution in [1.82, 2.24) is 50.1 Å². The van der Waals surface area contributed by atoms with E-state index in [1.807, 2.05) is 326 Å². The predicted octanol–water partition coefficient (Wildman–Crippen LogP) is 28.1. The van der Waals surface area contributed by atoms with Crippen molar-refractivity contribution in [2.24, 2.45) is 0 Å². The van der Waals surface area contributed by atoms with Gasteiger partial charge in [0.15, 0.2) is 0 Å². The summed E-state index contributed by atoms with van der Waals surface area (Å²) in [6, 6.07) is 99.1. The van der Waals surface area contributed by atoms with Gasteiger partial charge in [0.2, 0.25) is 0 Å². The number of hydrogen-bond donors (Lipinski definition) is 0. The number of nitrogens with zero attached hydrogens (tertiary/aromatic N) is 10. The maximum atomic E-state index is 4.18. The van der Waals surface area contributed by atoms with Crippen LogP contribution >= 0.6 is 0 Å². The summed E-state index contributed by atoms with van der Waals surface area (Å²) >= 11 is 0. The van der Waals surface area contributed by atoms with Crippen molar-refractivity contribution in [2.45, 2.75) is 125 Å². The van der Waals surface area contributed by atoms with Crippen molar-refractivity contribution in [3.63, 3.8) is 0 Å². The van der Waals surface area contributed by atoms with Crippen molar-refractivity contribution in [3.8, 4) is 0 Å². The number of para-hydroxylation sites is 4. The summed E-state index contributed by atoms with van der Waals surface area (Å²) in [5.41, 5.74) is 6.87. The molecule has 0 unspecified atom stereocenters. The molecule has 9 aromatic heterocycles. The second kappa shape index (κ2) is 64.4. The van der Waals surface area contributed by atoms with E-state index in [0.717, 1.165) is 44.0 Å². The Balaban J connectivity index is 0.000000591. The molecule has 18 rings (SSSR count). The summed E-state index contributed by atoms with van der Waals surface area (Å²) in [5.74, 6) is 2.06. The quantitative estimate of drug-likeness (QED) is 0.145. The minimum Gasteiger partial charge on any atom is -0.264 e. The Morgan fingerprint density at radius 2 is 0.417 bits per heavy atom. The molecule has 0 spiro atoms. The fourth-order valence-corrected chi connectivity index (χ4v) is 9.09. The first-order valence-electron chi connectivity index (χ1n) is 38.2. The molecule has 0 fully saturated rings. The van der Waals surface area contributed by atoms with E-state index >= 15 is 0 Å². The number of pyridine rings is 6. The monoisotopic (exact) mass is 1430 g/mol. The SMILES string of the molecule is CC.CC.CC.CC.CC.CC.CC.CC.CC.b1cccc2ccccc12.c1ccc2ccccc2c1.c1ccc2cnccc2c1.c1ccc2cnccc2c1.c1ccc2ncccc2c1.c1ccc2ncccc2c1.c1ccc2nccnc2c1.c1ccc2nnccc2c1.c1cnc2cccnc2c1. The molecular formula is C97H115BN10. The summed E-state index contributed by atoms with van der Waals surface area (Å²) < 4.78 is 0. The maximum absolute atomic E-state index is 4.18. The minimum absolute atomic E-state index is 0.949. The zero-order valence-electron chi connectivity index (χ0n) is 67.3. The average Bonchev–Trinajstić information content (AvgIpc) is 1.00. The van der Waals surface area contributed by atoms with E-state index in [1.165, 1.54) is 53.8 Å². The molecule has 0 amide bonds. The van der Waals surface area contributed by atoms with E-state index in [4.69, 9.17) is 0 Å². The molecule has 0 aliphatic heterocycles. The molecule has 556 valence electrons. The van der Waals surface area contributed by atoms with E-state index in [2.05, 4.69) is 196 Å². The zero-order chi connectivity index (χ0) is 79.3. The topological polar surface area (TPSA) is 129 Å². The van der Waals surface area contributed by atoms with Crippen molar-refractivity contribution in [2.75, 3.05) is 0 Å². The molecule has 108 heavy (non-hydrogen) atoms. The molecule has 10 nitrogen and oxygen atoms in total. The number of benzene rings is 9. The van der Waals surface area contributed by atoms with E-state index in [0.29, 0.717) is 0 Å². The Kier molecular flexibility index (Phi) is 55.9. The van der Waals surface area contributed by atoms with Crippen molar-refractivity contribution >= 4 is 105 Å². The molecule has 9 aromatic carbocycles. The number of aromatic nitrogens is 10. The largest absolute Gasteiger partial charge is 0.264 e. The predicted molar refractivity (Wildman–Crippen MR) is 477 cm³/mol. The second-order valence-electron chi connectivity index (χ2n) is 19.7. The van der Waals surface area contributed by atoms with Gasteiger partial charge in [0.1, 0.15) is 0 Å². The van der Waals surface area contributed by atoms with E-state index in [1.54, 1.807) is 31.0 Å². The normalized spacial score (nSPS) is 8.80. The van der Waals surface area contributed by atoms with Crippen LogP contribution in [0.4, 0.5) is 0 Å². The van der Waals surface area contributed by atoms with Gasteiger partial charge in [-0.2, -0.15) is 10.2 Å². The van der Waals surface area contributed by atoms with Gasteiger partial charge >= 0.3 is 59.9 Å². The van der Waals surface area contributed by atoms with Gasteiger partial charge in [-0.25, -0.2) is 0 Å². The van der Waals surface area contributed by atoms with Crippen molar-refractivity contribution in [1.29, 1.82) is 0 Å². The maximum Gasteiger partial charge on any atom is 0.0929 e. The molecule has 0 bridgehead atoms. The van der Waals surface area contributed by atoms with Gasteiger partial charge < -0.3 is 0 Å². The zero-order valence-corrected chi connectivity index (χ0v) is 67.3. The van der Waals surface area contributed by atoms with Crippen LogP contribution in [0.5, 0.6) is 0 Å². The Bertz CT molecular complexity index is 3510. The third-order valence-electron chi connectivity index (χ3n) is 13.6. The van der Waals surface area contributed by atoms with Crippen LogP contribution in [-0.2, 0) is 0 Å². The summed E-state index contributed by atoms with van der Waals surface area (Å²) in [6.07, 6.45) is 19.6. The summed E-state index contributed by atoms with van der Waals surface area (Å²) in [4.78, 5) is 32.9. The standard InChI is InChI=1S/C10H8.C9H7B.4C9H7N.3C8H6N2.9C2H6/c1-2-6-10-8-4-3-7-9(10)5-1;3*1-2-6-9-8(4-1)5-3-7-10-9;2*1-2-4-9-7-10-6-5-8(9)3-1;1-3-7-8(9-5-1)4-2-6-10-7;1-2-4-8-7(3-1)9-5-6-10-8;1-2-4-8-7(3-1)5-6-9-10-8;9*1-2/h1-8H;5*1-7H;3*1-6H;9*1-2H3. The third kappa shape index (κ3) is 36.0. The molecule has 0 radical (unpaired) electrons.